The van der Waals surface area contributed by atoms with Crippen LogP contribution in [0.5, 0.6) is 0 Å². The van der Waals surface area contributed by atoms with E-state index in [4.69, 9.17) is 5.11 Å². The van der Waals surface area contributed by atoms with Crippen LogP contribution in [0.4, 0.5) is 5.69 Å². The van der Waals surface area contributed by atoms with Crippen molar-refractivity contribution in [1.82, 2.24) is 4.98 Å². The summed E-state index contributed by atoms with van der Waals surface area (Å²) < 4.78 is 0. The van der Waals surface area contributed by atoms with Gasteiger partial charge in [-0.25, -0.2) is 9.78 Å². The topological polar surface area (TPSA) is 79.3 Å². The lowest BCUT2D eigenvalue weighted by molar-refractivity contribution is -0.122. The zero-order chi connectivity index (χ0) is 14.1. The highest BCUT2D eigenvalue weighted by atomic mass is 16.4. The highest BCUT2D eigenvalue weighted by molar-refractivity contribution is 5.94. The number of carbonyl (C=O) groups is 2. The van der Waals surface area contributed by atoms with E-state index < -0.39 is 5.97 Å². The highest BCUT2D eigenvalue weighted by Gasteiger charge is 2.36. The predicted octanol–water partition coefficient (Wildman–Crippen LogP) is 2.32. The number of rotatable bonds is 3. The Labute approximate surface area is 116 Å². The van der Waals surface area contributed by atoms with Crippen LogP contribution in [-0.2, 0) is 4.79 Å². The molecule has 3 aliphatic rings. The average Bonchev–Trinajstić information content (AvgIpc) is 2.48. The van der Waals surface area contributed by atoms with Crippen LogP contribution in [0.2, 0.25) is 0 Å². The largest absolute Gasteiger partial charge is 0.477 e. The van der Waals surface area contributed by atoms with Crippen molar-refractivity contribution in [2.24, 2.45) is 17.8 Å². The number of pyridine rings is 1. The van der Waals surface area contributed by atoms with Crippen molar-refractivity contribution in [1.29, 1.82) is 0 Å². The number of aromatic nitrogens is 1. The molecule has 3 atom stereocenters. The van der Waals surface area contributed by atoms with E-state index in [9.17, 15) is 9.59 Å². The minimum atomic E-state index is -1.10. The second kappa shape index (κ2) is 5.07. The molecule has 1 saturated carbocycles. The van der Waals surface area contributed by atoms with Crippen molar-refractivity contribution in [3.63, 3.8) is 0 Å². The van der Waals surface area contributed by atoms with Crippen LogP contribution in [0, 0.1) is 17.8 Å². The zero-order valence-corrected chi connectivity index (χ0v) is 11.0. The number of nitrogens with zero attached hydrogens (tertiary/aromatic N) is 1. The molecule has 0 spiro atoms. The number of hydrogen-bond acceptors (Lipinski definition) is 3. The van der Waals surface area contributed by atoms with Crippen molar-refractivity contribution in [2.75, 3.05) is 5.32 Å². The molecule has 20 heavy (non-hydrogen) atoms. The van der Waals surface area contributed by atoms with Gasteiger partial charge in [-0.15, -0.1) is 0 Å². The van der Waals surface area contributed by atoms with Gasteiger partial charge in [-0.3, -0.25) is 4.79 Å². The number of carboxylic acid groups (broad SMARTS) is 1. The molecule has 0 aliphatic heterocycles. The fraction of sp³-hybridized carbons (Fsp3) is 0.400. The molecule has 4 rings (SSSR count). The first-order valence-corrected chi connectivity index (χ1v) is 6.82. The van der Waals surface area contributed by atoms with Crippen molar-refractivity contribution in [3.05, 3.63) is 36.2 Å². The number of carboxylic acids is 1. The van der Waals surface area contributed by atoms with E-state index in [1.807, 2.05) is 0 Å². The third-order valence-electron chi connectivity index (χ3n) is 4.16. The van der Waals surface area contributed by atoms with E-state index in [-0.39, 0.29) is 17.5 Å². The lowest BCUT2D eigenvalue weighted by atomic mass is 9.69. The van der Waals surface area contributed by atoms with Crippen LogP contribution in [0.3, 0.4) is 0 Å². The molecule has 2 N–H and O–H groups in total. The number of nitrogens with one attached hydrogen (secondary N) is 1. The smallest absolute Gasteiger partial charge is 0.354 e. The average molecular weight is 272 g/mol. The van der Waals surface area contributed by atoms with E-state index >= 15 is 0 Å². The van der Waals surface area contributed by atoms with Gasteiger partial charge in [0, 0.05) is 17.8 Å². The first-order chi connectivity index (χ1) is 9.63. The van der Waals surface area contributed by atoms with Gasteiger partial charge in [0.1, 0.15) is 5.69 Å². The Balaban J connectivity index is 1.72. The molecule has 1 heterocycles. The molecule has 1 amide bonds. The van der Waals surface area contributed by atoms with Crippen LogP contribution < -0.4 is 5.32 Å². The molecule has 3 aliphatic carbocycles. The van der Waals surface area contributed by atoms with Crippen molar-refractivity contribution in [2.45, 2.75) is 19.3 Å². The molecule has 5 heteroatoms. The summed E-state index contributed by atoms with van der Waals surface area (Å²) >= 11 is 0. The van der Waals surface area contributed by atoms with E-state index in [1.54, 1.807) is 6.07 Å². The summed E-state index contributed by atoms with van der Waals surface area (Å²) in [6.07, 6.45) is 8.89. The SMILES string of the molecule is O=C(O)c1cc(NC(=O)[C@@H]2C[C@@H]3C=C[C@H]2CC3)ccn1. The molecule has 0 saturated heterocycles. The third kappa shape index (κ3) is 2.43. The van der Waals surface area contributed by atoms with Crippen LogP contribution in [0.15, 0.2) is 30.5 Å². The lowest BCUT2D eigenvalue weighted by Gasteiger charge is -2.36. The second-order valence-corrected chi connectivity index (χ2v) is 5.45. The van der Waals surface area contributed by atoms with Gasteiger partial charge in [0.25, 0.3) is 0 Å². The van der Waals surface area contributed by atoms with Gasteiger partial charge in [-0.05, 0) is 43.2 Å². The van der Waals surface area contributed by atoms with E-state index in [2.05, 4.69) is 22.5 Å². The molecule has 104 valence electrons. The number of amides is 1. The van der Waals surface area contributed by atoms with Crippen molar-refractivity contribution in [3.8, 4) is 0 Å². The summed E-state index contributed by atoms with van der Waals surface area (Å²) in [5, 5.41) is 11.7. The fourth-order valence-electron chi connectivity index (χ4n) is 3.09. The van der Waals surface area contributed by atoms with Crippen molar-refractivity contribution < 1.29 is 14.7 Å². The molecule has 2 bridgehead atoms. The quantitative estimate of drug-likeness (QED) is 0.828. The fourth-order valence-corrected chi connectivity index (χ4v) is 3.09. The van der Waals surface area contributed by atoms with Crippen LogP contribution >= 0.6 is 0 Å². The number of carbonyl (C=O) groups excluding carboxylic acids is 1. The Morgan fingerprint density at radius 2 is 2.15 bits per heavy atom. The number of fused-ring (bicyclic) bond motifs is 2. The minimum absolute atomic E-state index is 0.000179. The van der Waals surface area contributed by atoms with Gasteiger partial charge in [0.05, 0.1) is 0 Å². The third-order valence-corrected chi connectivity index (χ3v) is 4.16. The Morgan fingerprint density at radius 1 is 1.30 bits per heavy atom. The number of anilines is 1. The number of aromatic carboxylic acids is 1. The van der Waals surface area contributed by atoms with Crippen LogP contribution in [-0.4, -0.2) is 22.0 Å². The van der Waals surface area contributed by atoms with E-state index in [0.717, 1.165) is 12.8 Å². The van der Waals surface area contributed by atoms with Gasteiger partial charge < -0.3 is 10.4 Å². The minimum Gasteiger partial charge on any atom is -0.477 e. The summed E-state index contributed by atoms with van der Waals surface area (Å²) in [6.45, 7) is 0. The van der Waals surface area contributed by atoms with Crippen molar-refractivity contribution >= 4 is 17.6 Å². The number of allylic oxidation sites excluding steroid dienone is 2. The molecule has 5 nitrogen and oxygen atoms in total. The summed E-state index contributed by atoms with van der Waals surface area (Å²) in [6, 6.07) is 3.00. The van der Waals surface area contributed by atoms with E-state index in [1.165, 1.54) is 18.7 Å². The Hall–Kier alpha value is -2.17. The Kier molecular flexibility index (Phi) is 3.26. The van der Waals surface area contributed by atoms with E-state index in [0.29, 0.717) is 17.5 Å². The molecular weight excluding hydrogens is 256 g/mol. The maximum Gasteiger partial charge on any atom is 0.354 e. The normalized spacial score (nSPS) is 27.3. The standard InChI is InChI=1S/C15H16N2O3/c18-14(12-7-9-1-3-10(12)4-2-9)17-11-5-6-16-13(8-11)15(19)20/h1,3,5-6,8-10,12H,2,4,7H2,(H,19,20)(H,16,17,18)/t9-,10+,12-/m1/s1. The molecule has 1 aromatic heterocycles. The molecule has 0 aromatic carbocycles. The second-order valence-electron chi connectivity index (χ2n) is 5.45. The summed E-state index contributed by atoms with van der Waals surface area (Å²) in [4.78, 5) is 26.9. The lowest BCUT2D eigenvalue weighted by Crippen LogP contribution is -2.36. The molecule has 1 fully saturated rings. The summed E-state index contributed by atoms with van der Waals surface area (Å²) in [5.41, 5.74) is 0.431. The first kappa shape index (κ1) is 12.8. The van der Waals surface area contributed by atoms with Crippen LogP contribution in [0.25, 0.3) is 0 Å². The van der Waals surface area contributed by atoms with Gasteiger partial charge in [0.15, 0.2) is 0 Å². The van der Waals surface area contributed by atoms with Gasteiger partial charge in [0.2, 0.25) is 5.91 Å². The molecule has 0 radical (unpaired) electrons. The number of hydrogen-bond donors (Lipinski definition) is 2. The predicted molar refractivity (Wildman–Crippen MR) is 73.3 cm³/mol. The van der Waals surface area contributed by atoms with Gasteiger partial charge >= 0.3 is 5.97 Å². The molecular formula is C15H16N2O3. The summed E-state index contributed by atoms with van der Waals surface area (Å²) in [5.74, 6) is -0.281. The molecule has 1 aromatic rings. The van der Waals surface area contributed by atoms with Crippen LogP contribution in [0.1, 0.15) is 29.8 Å². The van der Waals surface area contributed by atoms with Gasteiger partial charge in [-0.2, -0.15) is 0 Å². The summed E-state index contributed by atoms with van der Waals surface area (Å²) in [7, 11) is 0. The Morgan fingerprint density at radius 3 is 2.75 bits per heavy atom. The maximum atomic E-state index is 12.3. The molecule has 0 unspecified atom stereocenters. The Bertz CT molecular complexity index is 582. The van der Waals surface area contributed by atoms with Gasteiger partial charge in [-0.1, -0.05) is 12.2 Å². The highest BCUT2D eigenvalue weighted by Crippen LogP contribution is 2.40. The first-order valence-electron chi connectivity index (χ1n) is 6.82. The maximum absolute atomic E-state index is 12.3. The monoisotopic (exact) mass is 272 g/mol. The zero-order valence-electron chi connectivity index (χ0n) is 11.0.